The van der Waals surface area contributed by atoms with E-state index in [1.54, 1.807) is 24.3 Å². The fourth-order valence-electron chi connectivity index (χ4n) is 1.53. The average Bonchev–Trinajstić information content (AvgIpc) is 2.80. The Morgan fingerprint density at radius 1 is 1.47 bits per heavy atom. The number of para-hydroxylation sites is 2. The maximum absolute atomic E-state index is 11.9. The molecule has 0 amide bonds. The smallest absolute Gasteiger partial charge is 0.220 e. The van der Waals surface area contributed by atoms with Crippen molar-refractivity contribution in [3.63, 3.8) is 0 Å². The van der Waals surface area contributed by atoms with Crippen LogP contribution >= 0.6 is 11.8 Å². The Morgan fingerprint density at radius 3 is 2.84 bits per heavy atom. The third-order valence-electron chi connectivity index (χ3n) is 2.43. The number of nitrogens with zero attached hydrogens (tertiary/aromatic N) is 2. The fraction of sp³-hybridized carbons (Fsp3) is 0.231. The van der Waals surface area contributed by atoms with Crippen LogP contribution in [0, 0.1) is 11.3 Å². The molecule has 0 spiro atoms. The Hall–Kier alpha value is -2.13. The first-order valence-electron chi connectivity index (χ1n) is 5.53. The van der Waals surface area contributed by atoms with Gasteiger partial charge >= 0.3 is 0 Å². The fourth-order valence-corrected chi connectivity index (χ4v) is 2.05. The number of benzene rings is 1. The summed E-state index contributed by atoms with van der Waals surface area (Å²) in [5, 5.41) is 8.91. The van der Waals surface area contributed by atoms with Gasteiger partial charge in [0.1, 0.15) is 5.52 Å². The second-order valence-electron chi connectivity index (χ2n) is 3.83. The number of hydrogen-bond acceptors (Lipinski definition) is 6. The van der Waals surface area contributed by atoms with E-state index in [1.165, 1.54) is 6.92 Å². The predicted octanol–water partition coefficient (Wildman–Crippen LogP) is 2.28. The highest BCUT2D eigenvalue weighted by molar-refractivity contribution is 8.14. The van der Waals surface area contributed by atoms with E-state index >= 15 is 0 Å². The Bertz CT molecular complexity index is 639. The SMILES string of the molecule is CC(=O)SCC(=O)C(C#N)c1nc2ccccc2o1. The number of fused-ring (bicyclic) bond motifs is 1. The zero-order valence-corrected chi connectivity index (χ0v) is 10.9. The van der Waals surface area contributed by atoms with Gasteiger partial charge in [-0.25, -0.2) is 4.98 Å². The van der Waals surface area contributed by atoms with Gasteiger partial charge in [0.2, 0.25) is 5.89 Å². The van der Waals surface area contributed by atoms with Crippen LogP contribution in [0.15, 0.2) is 28.7 Å². The van der Waals surface area contributed by atoms with E-state index < -0.39 is 5.92 Å². The molecule has 1 atom stereocenters. The summed E-state index contributed by atoms with van der Waals surface area (Å²) in [5.41, 5.74) is 1.13. The van der Waals surface area contributed by atoms with Gasteiger partial charge in [0.25, 0.3) is 0 Å². The van der Waals surface area contributed by atoms with E-state index in [0.717, 1.165) is 11.8 Å². The topological polar surface area (TPSA) is 84.0 Å². The summed E-state index contributed by atoms with van der Waals surface area (Å²) in [7, 11) is 0. The summed E-state index contributed by atoms with van der Waals surface area (Å²) in [6.45, 7) is 1.37. The molecule has 6 heteroatoms. The van der Waals surface area contributed by atoms with Crippen molar-refractivity contribution >= 4 is 33.8 Å². The maximum Gasteiger partial charge on any atom is 0.220 e. The van der Waals surface area contributed by atoms with Crippen molar-refractivity contribution in [2.45, 2.75) is 12.8 Å². The van der Waals surface area contributed by atoms with Gasteiger partial charge in [0.05, 0.1) is 11.8 Å². The molecule has 0 N–H and O–H groups in total. The summed E-state index contributed by atoms with van der Waals surface area (Å²) >= 11 is 0.876. The van der Waals surface area contributed by atoms with Crippen LogP contribution in [0.4, 0.5) is 0 Å². The maximum atomic E-state index is 11.9. The molecule has 0 aliphatic carbocycles. The zero-order valence-electron chi connectivity index (χ0n) is 10.1. The number of oxazole rings is 1. The van der Waals surface area contributed by atoms with E-state index in [9.17, 15) is 9.59 Å². The highest BCUT2D eigenvalue weighted by Crippen LogP contribution is 2.23. The molecule has 1 heterocycles. The molecule has 19 heavy (non-hydrogen) atoms. The van der Waals surface area contributed by atoms with Crippen molar-refractivity contribution in [1.29, 1.82) is 5.26 Å². The molecular weight excluding hydrogens is 264 g/mol. The van der Waals surface area contributed by atoms with E-state index in [0.29, 0.717) is 11.1 Å². The van der Waals surface area contributed by atoms with E-state index in [2.05, 4.69) is 4.98 Å². The summed E-state index contributed by atoms with van der Waals surface area (Å²) in [6, 6.07) is 8.91. The molecule has 5 nitrogen and oxygen atoms in total. The van der Waals surface area contributed by atoms with Crippen molar-refractivity contribution in [2.75, 3.05) is 5.75 Å². The Labute approximate surface area is 113 Å². The van der Waals surface area contributed by atoms with Crippen LogP contribution < -0.4 is 0 Å². The van der Waals surface area contributed by atoms with Crippen molar-refractivity contribution in [2.24, 2.45) is 0 Å². The number of rotatable bonds is 4. The molecule has 2 rings (SSSR count). The summed E-state index contributed by atoms with van der Waals surface area (Å²) in [6.07, 6.45) is 0. The third kappa shape index (κ3) is 3.01. The van der Waals surface area contributed by atoms with Gasteiger partial charge in [-0.1, -0.05) is 23.9 Å². The first-order valence-corrected chi connectivity index (χ1v) is 6.51. The molecule has 0 bridgehead atoms. The summed E-state index contributed by atoms with van der Waals surface area (Å²) < 4.78 is 5.40. The minimum absolute atomic E-state index is 0.0493. The Kier molecular flexibility index (Phi) is 3.97. The second kappa shape index (κ2) is 5.67. The standard InChI is InChI=1S/C13H10N2O3S/c1-8(16)19-7-11(17)9(6-14)13-15-10-4-2-3-5-12(10)18-13/h2-5,9H,7H2,1H3. The number of hydrogen-bond donors (Lipinski definition) is 0. The van der Waals surface area contributed by atoms with Gasteiger partial charge in [-0.05, 0) is 12.1 Å². The highest BCUT2D eigenvalue weighted by atomic mass is 32.2. The first kappa shape index (κ1) is 13.3. The zero-order chi connectivity index (χ0) is 13.8. The second-order valence-corrected chi connectivity index (χ2v) is 4.98. The van der Waals surface area contributed by atoms with Gasteiger partial charge in [-0.15, -0.1) is 0 Å². The summed E-state index contributed by atoms with van der Waals surface area (Å²) in [5.74, 6) is -1.42. The molecule has 1 aromatic heterocycles. The van der Waals surface area contributed by atoms with Crippen LogP contribution in [-0.2, 0) is 9.59 Å². The largest absolute Gasteiger partial charge is 0.439 e. The Morgan fingerprint density at radius 2 is 2.21 bits per heavy atom. The van der Waals surface area contributed by atoms with Crippen LogP contribution in [0.1, 0.15) is 18.7 Å². The number of ketones is 1. The molecule has 0 saturated carbocycles. The lowest BCUT2D eigenvalue weighted by Gasteiger charge is -2.02. The summed E-state index contributed by atoms with van der Waals surface area (Å²) in [4.78, 5) is 26.8. The number of carbonyl (C=O) groups is 2. The Balaban J connectivity index is 2.24. The molecule has 2 aromatic rings. The number of nitriles is 1. The number of thioether (sulfide) groups is 1. The lowest BCUT2D eigenvalue weighted by Crippen LogP contribution is -2.14. The van der Waals surface area contributed by atoms with Gasteiger partial charge in [0, 0.05) is 6.92 Å². The van der Waals surface area contributed by atoms with Crippen LogP contribution in [-0.4, -0.2) is 21.6 Å². The predicted molar refractivity (Wildman–Crippen MR) is 70.5 cm³/mol. The number of aromatic nitrogens is 1. The van der Waals surface area contributed by atoms with Crippen molar-refractivity contribution < 1.29 is 14.0 Å². The van der Waals surface area contributed by atoms with Crippen LogP contribution in [0.2, 0.25) is 0 Å². The number of carbonyl (C=O) groups excluding carboxylic acids is 2. The minimum Gasteiger partial charge on any atom is -0.439 e. The minimum atomic E-state index is -1.07. The van der Waals surface area contributed by atoms with Crippen molar-refractivity contribution in [3.05, 3.63) is 30.2 Å². The highest BCUT2D eigenvalue weighted by Gasteiger charge is 2.25. The van der Waals surface area contributed by atoms with Crippen LogP contribution in [0.5, 0.6) is 0 Å². The monoisotopic (exact) mass is 274 g/mol. The van der Waals surface area contributed by atoms with E-state index in [1.807, 2.05) is 6.07 Å². The van der Waals surface area contributed by atoms with Crippen LogP contribution in [0.25, 0.3) is 11.1 Å². The number of Topliss-reactive ketones (excluding diaryl/α,β-unsaturated/α-hetero) is 1. The van der Waals surface area contributed by atoms with Gasteiger partial charge in [-0.3, -0.25) is 9.59 Å². The van der Waals surface area contributed by atoms with Gasteiger partial charge in [0.15, 0.2) is 22.4 Å². The molecular formula is C13H10N2O3S. The molecule has 96 valence electrons. The normalized spacial score (nSPS) is 12.0. The van der Waals surface area contributed by atoms with Crippen molar-refractivity contribution in [3.8, 4) is 6.07 Å². The molecule has 0 fully saturated rings. The molecule has 0 radical (unpaired) electrons. The molecule has 0 aliphatic heterocycles. The van der Waals surface area contributed by atoms with Crippen molar-refractivity contribution in [1.82, 2.24) is 4.98 Å². The average molecular weight is 274 g/mol. The third-order valence-corrected chi connectivity index (χ3v) is 3.26. The molecule has 1 aromatic carbocycles. The molecule has 1 unspecified atom stereocenters. The van der Waals surface area contributed by atoms with E-state index in [-0.39, 0.29) is 22.5 Å². The lowest BCUT2D eigenvalue weighted by molar-refractivity contribution is -0.117. The lowest BCUT2D eigenvalue weighted by atomic mass is 10.1. The van der Waals surface area contributed by atoms with Gasteiger partial charge in [-0.2, -0.15) is 5.26 Å². The van der Waals surface area contributed by atoms with Gasteiger partial charge < -0.3 is 4.42 Å². The van der Waals surface area contributed by atoms with Crippen LogP contribution in [0.3, 0.4) is 0 Å². The first-order chi connectivity index (χ1) is 9.11. The van der Waals surface area contributed by atoms with E-state index in [4.69, 9.17) is 9.68 Å². The quantitative estimate of drug-likeness (QED) is 0.850. The molecule has 0 aliphatic rings. The molecule has 0 saturated heterocycles.